The Morgan fingerprint density at radius 1 is 0.897 bits per heavy atom. The van der Waals surface area contributed by atoms with Crippen LogP contribution in [0.3, 0.4) is 0 Å². The van der Waals surface area contributed by atoms with E-state index >= 15 is 0 Å². The van der Waals surface area contributed by atoms with Gasteiger partial charge < -0.3 is 10.6 Å². The van der Waals surface area contributed by atoms with Crippen molar-refractivity contribution < 1.29 is 13.2 Å². The molecule has 4 rings (SSSR count). The van der Waals surface area contributed by atoms with Crippen molar-refractivity contribution in [3.05, 3.63) is 66.0 Å². The predicted octanol–water partition coefficient (Wildman–Crippen LogP) is 3.43. The van der Waals surface area contributed by atoms with Crippen molar-refractivity contribution in [3.8, 4) is 0 Å². The molecule has 0 radical (unpaired) electrons. The van der Waals surface area contributed by atoms with Gasteiger partial charge in [-0.25, -0.2) is 18.4 Å². The highest BCUT2D eigenvalue weighted by atomic mass is 32.2. The molecule has 0 amide bonds. The summed E-state index contributed by atoms with van der Waals surface area (Å²) in [6.45, 7) is 1.62. The number of anilines is 4. The third-order valence-electron chi connectivity index (χ3n) is 4.77. The molecule has 0 aliphatic heterocycles. The molecular weight excluding hydrogens is 388 g/mol. The van der Waals surface area contributed by atoms with Gasteiger partial charge in [-0.2, -0.15) is 0 Å². The van der Waals surface area contributed by atoms with Crippen molar-refractivity contribution in [2.24, 2.45) is 0 Å². The Hall–Kier alpha value is -3.26. The van der Waals surface area contributed by atoms with Gasteiger partial charge in [0.2, 0.25) is 0 Å². The van der Waals surface area contributed by atoms with E-state index < -0.39 is 9.84 Å². The number of benzene rings is 2. The van der Waals surface area contributed by atoms with Gasteiger partial charge >= 0.3 is 0 Å². The van der Waals surface area contributed by atoms with Crippen LogP contribution in [0.15, 0.2) is 59.8 Å². The van der Waals surface area contributed by atoms with Gasteiger partial charge in [-0.1, -0.05) is 19.1 Å². The van der Waals surface area contributed by atoms with Crippen LogP contribution >= 0.6 is 0 Å². The molecule has 7 nitrogen and oxygen atoms in total. The molecule has 1 aliphatic rings. The molecule has 0 spiro atoms. The van der Waals surface area contributed by atoms with Gasteiger partial charge in [0.15, 0.2) is 9.84 Å². The van der Waals surface area contributed by atoms with Gasteiger partial charge in [-0.15, -0.1) is 0 Å². The third kappa shape index (κ3) is 4.27. The highest BCUT2D eigenvalue weighted by Gasteiger charge is 2.18. The average Bonchev–Trinajstić information content (AvgIpc) is 3.08. The summed E-state index contributed by atoms with van der Waals surface area (Å²) in [5, 5.41) is 6.34. The van der Waals surface area contributed by atoms with E-state index in [9.17, 15) is 13.2 Å². The maximum Gasteiger partial charge on any atom is 0.178 e. The van der Waals surface area contributed by atoms with Gasteiger partial charge in [0.25, 0.3) is 0 Å². The molecule has 0 bridgehead atoms. The van der Waals surface area contributed by atoms with Crippen LogP contribution in [0.2, 0.25) is 0 Å². The number of aromatic nitrogens is 2. The van der Waals surface area contributed by atoms with E-state index in [1.807, 2.05) is 18.2 Å². The van der Waals surface area contributed by atoms with Crippen LogP contribution in [0.25, 0.3) is 0 Å². The largest absolute Gasteiger partial charge is 0.340 e. The summed E-state index contributed by atoms with van der Waals surface area (Å²) in [5.74, 6) is 1.40. The molecule has 8 heteroatoms. The number of carbonyl (C=O) groups excluding carboxylic acids is 1. The van der Waals surface area contributed by atoms with E-state index in [2.05, 4.69) is 20.6 Å². The average molecular weight is 408 g/mol. The molecule has 2 aromatic carbocycles. The second-order valence-corrected chi connectivity index (χ2v) is 9.12. The lowest BCUT2D eigenvalue weighted by molar-refractivity contribution is -0.117. The lowest BCUT2D eigenvalue weighted by Crippen LogP contribution is -2.04. The molecule has 0 fully saturated rings. The van der Waals surface area contributed by atoms with Gasteiger partial charge in [-0.3, -0.25) is 4.79 Å². The molecule has 1 heterocycles. The minimum absolute atomic E-state index is 0.0460. The van der Waals surface area contributed by atoms with Crippen LogP contribution in [0, 0.1) is 0 Å². The van der Waals surface area contributed by atoms with E-state index in [1.165, 1.54) is 6.33 Å². The van der Waals surface area contributed by atoms with Crippen molar-refractivity contribution in [2.45, 2.75) is 24.7 Å². The zero-order valence-electron chi connectivity index (χ0n) is 15.8. The van der Waals surface area contributed by atoms with E-state index in [-0.39, 0.29) is 16.4 Å². The van der Waals surface area contributed by atoms with E-state index in [0.717, 1.165) is 16.8 Å². The van der Waals surface area contributed by atoms with Crippen LogP contribution in [-0.4, -0.2) is 29.9 Å². The van der Waals surface area contributed by atoms with Crippen LogP contribution in [0.5, 0.6) is 0 Å². The lowest BCUT2D eigenvalue weighted by Gasteiger charge is -2.10. The maximum absolute atomic E-state index is 12.1. The maximum atomic E-state index is 12.1. The van der Waals surface area contributed by atoms with Crippen molar-refractivity contribution >= 4 is 38.6 Å². The molecule has 3 aromatic rings. The third-order valence-corrected chi connectivity index (χ3v) is 6.50. The summed E-state index contributed by atoms with van der Waals surface area (Å²) in [6, 6.07) is 14.2. The molecule has 0 unspecified atom stereocenters. The number of nitrogens with one attached hydrogen (secondary N) is 2. The van der Waals surface area contributed by atoms with Gasteiger partial charge in [0.1, 0.15) is 23.7 Å². The zero-order valence-corrected chi connectivity index (χ0v) is 16.7. The topological polar surface area (TPSA) is 101 Å². The molecule has 0 saturated carbocycles. The number of carbonyl (C=O) groups is 1. The quantitative estimate of drug-likeness (QED) is 0.644. The Morgan fingerprint density at radius 3 is 2.31 bits per heavy atom. The Labute approximate surface area is 169 Å². The standard InChI is InChI=1S/C21H20N4O3S/c1-2-29(27,28)19-5-3-4-16(11-19)24-20-12-21(23-13-22-20)25-17-7-6-14-9-18(26)10-15(14)8-17/h3-8,11-13H,2,9-10H2,1H3,(H2,22,23,24,25). The lowest BCUT2D eigenvalue weighted by atomic mass is 10.1. The first kappa shape index (κ1) is 19.1. The van der Waals surface area contributed by atoms with Crippen LogP contribution in [0.1, 0.15) is 18.1 Å². The van der Waals surface area contributed by atoms with E-state index in [4.69, 9.17) is 0 Å². The van der Waals surface area contributed by atoms with Crippen molar-refractivity contribution in [1.29, 1.82) is 0 Å². The fraction of sp³-hybridized carbons (Fsp3) is 0.190. The Kier molecular flexibility index (Phi) is 5.02. The van der Waals surface area contributed by atoms with E-state index in [1.54, 1.807) is 37.3 Å². The minimum Gasteiger partial charge on any atom is -0.340 e. The van der Waals surface area contributed by atoms with Crippen LogP contribution in [-0.2, 0) is 27.5 Å². The smallest absolute Gasteiger partial charge is 0.178 e. The normalized spacial score (nSPS) is 13.2. The minimum atomic E-state index is -3.28. The first-order valence-electron chi connectivity index (χ1n) is 9.25. The van der Waals surface area contributed by atoms with Gasteiger partial charge in [-0.05, 0) is 41.5 Å². The number of nitrogens with zero attached hydrogens (tertiary/aromatic N) is 2. The molecule has 29 heavy (non-hydrogen) atoms. The number of fused-ring (bicyclic) bond motifs is 1. The first-order chi connectivity index (χ1) is 13.9. The Balaban J connectivity index is 1.52. The number of ketones is 1. The zero-order chi connectivity index (χ0) is 20.4. The summed E-state index contributed by atoms with van der Waals surface area (Å²) in [4.78, 5) is 20.3. The van der Waals surface area contributed by atoms with Crippen molar-refractivity contribution in [1.82, 2.24) is 9.97 Å². The Morgan fingerprint density at radius 2 is 1.59 bits per heavy atom. The summed E-state index contributed by atoms with van der Waals surface area (Å²) < 4.78 is 24.2. The second-order valence-electron chi connectivity index (χ2n) is 6.85. The fourth-order valence-corrected chi connectivity index (χ4v) is 4.18. The first-order valence-corrected chi connectivity index (χ1v) is 10.9. The predicted molar refractivity (Wildman–Crippen MR) is 112 cm³/mol. The van der Waals surface area contributed by atoms with Crippen molar-refractivity contribution in [3.63, 3.8) is 0 Å². The molecule has 148 valence electrons. The van der Waals surface area contributed by atoms with Crippen LogP contribution in [0.4, 0.5) is 23.0 Å². The number of rotatable bonds is 6. The summed E-state index contributed by atoms with van der Waals surface area (Å²) in [6.07, 6.45) is 2.40. The fourth-order valence-electron chi connectivity index (χ4n) is 3.25. The monoisotopic (exact) mass is 408 g/mol. The number of hydrogen-bond acceptors (Lipinski definition) is 7. The number of hydrogen-bond donors (Lipinski definition) is 2. The molecule has 0 atom stereocenters. The summed E-state index contributed by atoms with van der Waals surface area (Å²) >= 11 is 0. The summed E-state index contributed by atoms with van der Waals surface area (Å²) in [7, 11) is -3.28. The molecular formula is C21H20N4O3S. The molecule has 1 aromatic heterocycles. The number of sulfone groups is 1. The molecule has 0 saturated heterocycles. The van der Waals surface area contributed by atoms with Gasteiger partial charge in [0.05, 0.1) is 10.6 Å². The highest BCUT2D eigenvalue weighted by molar-refractivity contribution is 7.91. The second kappa shape index (κ2) is 7.63. The van der Waals surface area contributed by atoms with Crippen LogP contribution < -0.4 is 10.6 Å². The summed E-state index contributed by atoms with van der Waals surface area (Å²) in [5.41, 5.74) is 3.59. The van der Waals surface area contributed by atoms with E-state index in [0.29, 0.717) is 30.2 Å². The number of Topliss-reactive ketones (excluding diaryl/α,β-unsaturated/α-hetero) is 1. The van der Waals surface area contributed by atoms with Crippen molar-refractivity contribution in [2.75, 3.05) is 16.4 Å². The van der Waals surface area contributed by atoms with Gasteiger partial charge in [0, 0.05) is 30.3 Å². The SMILES string of the molecule is CCS(=O)(=O)c1cccc(Nc2cc(Nc3ccc4c(c3)CC(=O)C4)ncn2)c1. The molecule has 2 N–H and O–H groups in total. The molecule has 1 aliphatic carbocycles. The Bertz CT molecular complexity index is 1190. The highest BCUT2D eigenvalue weighted by Crippen LogP contribution is 2.26.